The van der Waals surface area contributed by atoms with Gasteiger partial charge in [-0.05, 0) is 50.9 Å². The van der Waals surface area contributed by atoms with Crippen LogP contribution in [-0.2, 0) is 9.59 Å². The summed E-state index contributed by atoms with van der Waals surface area (Å²) in [6.07, 6.45) is 4.95. The average molecular weight is 387 g/mol. The van der Waals surface area contributed by atoms with E-state index in [0.29, 0.717) is 17.4 Å². The first kappa shape index (κ1) is 19.9. The molecule has 0 bridgehead atoms. The number of piperidine rings is 2. The number of carbonyl (C=O) groups excluding carboxylic acids is 2. The van der Waals surface area contributed by atoms with Gasteiger partial charge in [0, 0.05) is 25.2 Å². The molecular weight excluding hydrogens is 363 g/mol. The summed E-state index contributed by atoms with van der Waals surface area (Å²) in [5.41, 5.74) is 0. The Morgan fingerprint density at radius 3 is 2.64 bits per heavy atom. The van der Waals surface area contributed by atoms with Gasteiger partial charge in [-0.2, -0.15) is 0 Å². The van der Waals surface area contributed by atoms with Crippen LogP contribution < -0.4 is 10.6 Å². The molecule has 2 N–H and O–H groups in total. The van der Waals surface area contributed by atoms with E-state index >= 15 is 0 Å². The zero-order valence-electron chi connectivity index (χ0n) is 14.0. The Morgan fingerprint density at radius 1 is 1.20 bits per heavy atom. The average Bonchev–Trinajstić information content (AvgIpc) is 2.64. The first-order valence-electron chi connectivity index (χ1n) is 8.55. The summed E-state index contributed by atoms with van der Waals surface area (Å²) in [4.78, 5) is 31.1. The van der Waals surface area contributed by atoms with Crippen molar-refractivity contribution >= 4 is 41.6 Å². The van der Waals surface area contributed by atoms with Crippen LogP contribution in [0.2, 0.25) is 5.02 Å². The molecule has 1 atom stereocenters. The molecule has 1 aromatic rings. The zero-order chi connectivity index (χ0) is 16.9. The highest BCUT2D eigenvalue weighted by molar-refractivity contribution is 6.30. The number of rotatable bonds is 3. The van der Waals surface area contributed by atoms with E-state index in [1.54, 1.807) is 12.1 Å². The molecule has 8 heteroatoms. The maximum absolute atomic E-state index is 12.7. The van der Waals surface area contributed by atoms with Crippen molar-refractivity contribution in [1.82, 2.24) is 15.2 Å². The predicted octanol–water partition coefficient (Wildman–Crippen LogP) is 2.33. The summed E-state index contributed by atoms with van der Waals surface area (Å²) in [6, 6.07) is 3.37. The third kappa shape index (κ3) is 5.30. The van der Waals surface area contributed by atoms with Gasteiger partial charge in [0.2, 0.25) is 11.8 Å². The Bertz CT molecular complexity index is 591. The first-order chi connectivity index (χ1) is 11.6. The molecular formula is C17H24Cl2N4O2. The summed E-state index contributed by atoms with van der Waals surface area (Å²) >= 11 is 5.80. The summed E-state index contributed by atoms with van der Waals surface area (Å²) in [7, 11) is 0. The van der Waals surface area contributed by atoms with Gasteiger partial charge in [-0.3, -0.25) is 9.59 Å². The maximum Gasteiger partial charge on any atom is 0.230 e. The fourth-order valence-electron chi connectivity index (χ4n) is 3.40. The molecule has 0 aromatic carbocycles. The molecule has 2 fully saturated rings. The summed E-state index contributed by atoms with van der Waals surface area (Å²) in [6.45, 7) is 3.06. The van der Waals surface area contributed by atoms with Crippen LogP contribution in [0.4, 0.5) is 5.82 Å². The lowest BCUT2D eigenvalue weighted by Crippen LogP contribution is -2.47. The lowest BCUT2D eigenvalue weighted by molar-refractivity contribution is -0.139. The number of pyridine rings is 1. The number of nitrogens with zero attached hydrogens (tertiary/aromatic N) is 2. The van der Waals surface area contributed by atoms with Gasteiger partial charge in [0.25, 0.3) is 0 Å². The molecule has 2 aliphatic heterocycles. The highest BCUT2D eigenvalue weighted by Crippen LogP contribution is 2.23. The van der Waals surface area contributed by atoms with Crippen LogP contribution in [0.1, 0.15) is 25.7 Å². The number of anilines is 1. The molecule has 1 aromatic heterocycles. The summed E-state index contributed by atoms with van der Waals surface area (Å²) in [5, 5.41) is 6.63. The van der Waals surface area contributed by atoms with Crippen molar-refractivity contribution < 1.29 is 9.59 Å². The van der Waals surface area contributed by atoms with Crippen LogP contribution in [-0.4, -0.2) is 47.9 Å². The number of hydrogen-bond donors (Lipinski definition) is 2. The van der Waals surface area contributed by atoms with Crippen LogP contribution in [0.5, 0.6) is 0 Å². The Hall–Kier alpha value is -1.37. The van der Waals surface area contributed by atoms with Crippen LogP contribution in [0, 0.1) is 11.8 Å². The third-order valence-corrected chi connectivity index (χ3v) is 4.99. The monoisotopic (exact) mass is 386 g/mol. The highest BCUT2D eigenvalue weighted by atomic mass is 35.5. The van der Waals surface area contributed by atoms with E-state index in [0.717, 1.165) is 45.3 Å². The normalized spacial score (nSPS) is 21.3. The van der Waals surface area contributed by atoms with Crippen LogP contribution in [0.25, 0.3) is 0 Å². The highest BCUT2D eigenvalue weighted by Gasteiger charge is 2.32. The van der Waals surface area contributed by atoms with Crippen molar-refractivity contribution in [1.29, 1.82) is 0 Å². The van der Waals surface area contributed by atoms with Gasteiger partial charge < -0.3 is 15.5 Å². The SMILES string of the molecule is Cl.O=C(Nc1ccc(Cl)cn1)C1CCCN(C(=O)C2CCNCC2)C1. The van der Waals surface area contributed by atoms with Crippen LogP contribution in [0.3, 0.4) is 0 Å². The van der Waals surface area contributed by atoms with Crippen LogP contribution in [0.15, 0.2) is 18.3 Å². The van der Waals surface area contributed by atoms with Crippen molar-refractivity contribution in [2.24, 2.45) is 11.8 Å². The van der Waals surface area contributed by atoms with E-state index in [2.05, 4.69) is 15.6 Å². The third-order valence-electron chi connectivity index (χ3n) is 4.77. The smallest absolute Gasteiger partial charge is 0.230 e. The van der Waals surface area contributed by atoms with Gasteiger partial charge >= 0.3 is 0 Å². The fraction of sp³-hybridized carbons (Fsp3) is 0.588. The summed E-state index contributed by atoms with van der Waals surface area (Å²) in [5.74, 6) is 0.547. The largest absolute Gasteiger partial charge is 0.342 e. The number of nitrogens with one attached hydrogen (secondary N) is 2. The maximum atomic E-state index is 12.7. The Labute approximate surface area is 159 Å². The Morgan fingerprint density at radius 2 is 1.96 bits per heavy atom. The van der Waals surface area contributed by atoms with Crippen molar-refractivity contribution in [2.45, 2.75) is 25.7 Å². The fourth-order valence-corrected chi connectivity index (χ4v) is 3.51. The number of halogens is 2. The van der Waals surface area contributed by atoms with Gasteiger partial charge in [0.05, 0.1) is 10.9 Å². The van der Waals surface area contributed by atoms with Gasteiger partial charge in [-0.25, -0.2) is 4.98 Å². The van der Waals surface area contributed by atoms with E-state index < -0.39 is 0 Å². The molecule has 138 valence electrons. The second-order valence-electron chi connectivity index (χ2n) is 6.50. The van der Waals surface area contributed by atoms with Crippen molar-refractivity contribution in [3.8, 4) is 0 Å². The van der Waals surface area contributed by atoms with Gasteiger partial charge in [0.15, 0.2) is 0 Å². The molecule has 2 aliphatic rings. The first-order valence-corrected chi connectivity index (χ1v) is 8.93. The van der Waals surface area contributed by atoms with E-state index in [-0.39, 0.29) is 36.1 Å². The molecule has 1 unspecified atom stereocenters. The molecule has 0 spiro atoms. The van der Waals surface area contributed by atoms with Gasteiger partial charge in [-0.15, -0.1) is 12.4 Å². The minimum absolute atomic E-state index is 0. The van der Waals surface area contributed by atoms with E-state index in [1.165, 1.54) is 6.20 Å². The molecule has 0 saturated carbocycles. The van der Waals surface area contributed by atoms with Gasteiger partial charge in [0.1, 0.15) is 5.82 Å². The Kier molecular flexibility index (Phi) is 7.47. The van der Waals surface area contributed by atoms with Crippen molar-refractivity contribution in [3.63, 3.8) is 0 Å². The quantitative estimate of drug-likeness (QED) is 0.835. The second kappa shape index (κ2) is 9.36. The molecule has 25 heavy (non-hydrogen) atoms. The molecule has 3 heterocycles. The number of carbonyl (C=O) groups is 2. The van der Waals surface area contributed by atoms with E-state index in [9.17, 15) is 9.59 Å². The molecule has 0 aliphatic carbocycles. The second-order valence-corrected chi connectivity index (χ2v) is 6.94. The summed E-state index contributed by atoms with van der Waals surface area (Å²) < 4.78 is 0. The lowest BCUT2D eigenvalue weighted by atomic mass is 9.92. The minimum atomic E-state index is -0.179. The predicted molar refractivity (Wildman–Crippen MR) is 100 cm³/mol. The molecule has 2 saturated heterocycles. The number of hydrogen-bond acceptors (Lipinski definition) is 4. The van der Waals surface area contributed by atoms with Crippen molar-refractivity contribution in [3.05, 3.63) is 23.4 Å². The molecule has 6 nitrogen and oxygen atoms in total. The van der Waals surface area contributed by atoms with Crippen molar-refractivity contribution in [2.75, 3.05) is 31.5 Å². The Balaban J connectivity index is 0.00000225. The number of amides is 2. The molecule has 3 rings (SSSR count). The standard InChI is InChI=1S/C17H23ClN4O2.ClH/c18-14-3-4-15(20-10-14)21-16(23)13-2-1-9-22(11-13)17(24)12-5-7-19-8-6-12;/h3-4,10,12-13,19H,1-2,5-9,11H2,(H,20,21,23);1H. The van der Waals surface area contributed by atoms with Crippen LogP contribution >= 0.6 is 24.0 Å². The zero-order valence-corrected chi connectivity index (χ0v) is 15.6. The number of aromatic nitrogens is 1. The van der Waals surface area contributed by atoms with E-state index in [1.807, 2.05) is 4.90 Å². The van der Waals surface area contributed by atoms with E-state index in [4.69, 9.17) is 11.6 Å². The number of likely N-dealkylation sites (tertiary alicyclic amines) is 1. The van der Waals surface area contributed by atoms with Gasteiger partial charge in [-0.1, -0.05) is 11.6 Å². The molecule has 0 radical (unpaired) electrons. The molecule has 2 amide bonds. The lowest BCUT2D eigenvalue weighted by Gasteiger charge is -2.35. The topological polar surface area (TPSA) is 74.3 Å². The minimum Gasteiger partial charge on any atom is -0.342 e.